The molecule has 1 unspecified atom stereocenters. The molecule has 0 aliphatic carbocycles. The van der Waals surface area contributed by atoms with Crippen LogP contribution in [-0.4, -0.2) is 8.32 Å². The predicted molar refractivity (Wildman–Crippen MR) is 133 cm³/mol. The molecule has 2 heteroatoms. The maximum atomic E-state index is 6.98. The minimum Gasteiger partial charge on any atom is -0.401 e. The molecule has 0 fully saturated rings. The van der Waals surface area contributed by atoms with E-state index in [0.29, 0.717) is 0 Å². The van der Waals surface area contributed by atoms with E-state index in [1.165, 1.54) is 38.6 Å². The first kappa shape index (κ1) is 20.0. The van der Waals surface area contributed by atoms with Crippen molar-refractivity contribution in [1.29, 1.82) is 0 Å². The van der Waals surface area contributed by atoms with Crippen LogP contribution in [0, 0.1) is 0 Å². The number of hydrogen-bond acceptors (Lipinski definition) is 1. The predicted octanol–water partition coefficient (Wildman–Crippen LogP) is 7.33. The number of fused-ring (bicyclic) bond motifs is 1. The summed E-state index contributed by atoms with van der Waals surface area (Å²) in [5.74, 6) is 0. The minimum atomic E-state index is -1.99. The number of hydrogen-bond donors (Lipinski definition) is 0. The Morgan fingerprint density at radius 1 is 0.613 bits per heavy atom. The lowest BCUT2D eigenvalue weighted by molar-refractivity contribution is 0.253. The van der Waals surface area contributed by atoms with Crippen molar-refractivity contribution in [3.8, 4) is 22.3 Å². The topological polar surface area (TPSA) is 9.23 Å². The van der Waals surface area contributed by atoms with Crippen LogP contribution in [0.1, 0.15) is 31.1 Å². The molecule has 0 amide bonds. The van der Waals surface area contributed by atoms with Crippen LogP contribution >= 0.6 is 0 Å². The summed E-state index contributed by atoms with van der Waals surface area (Å²) >= 11 is 0. The molecule has 0 saturated heterocycles. The molecular formula is C29H28OSi. The van der Waals surface area contributed by atoms with Gasteiger partial charge in [-0.15, -0.1) is 0 Å². The van der Waals surface area contributed by atoms with Gasteiger partial charge in [0.15, 0.2) is 0 Å². The van der Waals surface area contributed by atoms with Crippen molar-refractivity contribution < 1.29 is 4.43 Å². The van der Waals surface area contributed by atoms with E-state index in [4.69, 9.17) is 4.43 Å². The first-order chi connectivity index (χ1) is 15.2. The Bertz CT molecular complexity index is 1160. The number of benzene rings is 4. The molecule has 1 nitrogen and oxygen atoms in total. The van der Waals surface area contributed by atoms with Crippen LogP contribution in [0.25, 0.3) is 22.3 Å². The Balaban J connectivity index is 1.55. The highest BCUT2D eigenvalue weighted by Crippen LogP contribution is 2.40. The normalized spacial score (nSPS) is 16.8. The van der Waals surface area contributed by atoms with Gasteiger partial charge in [0.25, 0.3) is 0 Å². The molecule has 154 valence electrons. The lowest BCUT2D eigenvalue weighted by atomic mass is 9.96. The summed E-state index contributed by atoms with van der Waals surface area (Å²) in [4.78, 5) is 0. The van der Waals surface area contributed by atoms with Crippen molar-refractivity contribution in [1.82, 2.24) is 0 Å². The second kappa shape index (κ2) is 8.30. The summed E-state index contributed by atoms with van der Waals surface area (Å²) in [6.07, 6.45) is 0.0382. The van der Waals surface area contributed by atoms with Gasteiger partial charge in [-0.3, -0.25) is 0 Å². The van der Waals surface area contributed by atoms with Crippen LogP contribution in [0.15, 0.2) is 103 Å². The zero-order chi connectivity index (χ0) is 21.3. The fourth-order valence-corrected chi connectivity index (χ4v) is 8.46. The van der Waals surface area contributed by atoms with Crippen molar-refractivity contribution >= 4 is 13.5 Å². The Hall–Kier alpha value is -2.94. The molecule has 0 bridgehead atoms. The van der Waals surface area contributed by atoms with Gasteiger partial charge in [0.05, 0.1) is 6.10 Å². The summed E-state index contributed by atoms with van der Waals surface area (Å²) < 4.78 is 6.98. The van der Waals surface area contributed by atoms with Crippen molar-refractivity contribution in [3.05, 3.63) is 114 Å². The van der Waals surface area contributed by atoms with Crippen LogP contribution in [0.4, 0.5) is 0 Å². The van der Waals surface area contributed by atoms with Crippen LogP contribution in [0.2, 0.25) is 12.1 Å². The van der Waals surface area contributed by atoms with Crippen molar-refractivity contribution in [2.75, 3.05) is 0 Å². The second-order valence-corrected chi connectivity index (χ2v) is 12.5. The van der Waals surface area contributed by atoms with Crippen LogP contribution in [0.5, 0.6) is 0 Å². The molecule has 4 aromatic carbocycles. The zero-order valence-corrected chi connectivity index (χ0v) is 19.2. The van der Waals surface area contributed by atoms with Gasteiger partial charge in [0.2, 0.25) is 8.32 Å². The van der Waals surface area contributed by atoms with Crippen molar-refractivity contribution in [3.63, 3.8) is 0 Å². The third-order valence-electron chi connectivity index (χ3n) is 6.74. The smallest absolute Gasteiger partial charge is 0.225 e. The summed E-state index contributed by atoms with van der Waals surface area (Å²) in [6, 6.07) is 39.4. The standard InChI is InChI=1S/C29H28OSi/c1-3-31(4-2)28-21-26(23-13-9-6-10-14-23)19-20-27(28)29(30-31)25-17-15-24(16-18-25)22-11-7-5-8-12-22/h5-21,29H,3-4H2,1-2H3. The van der Waals surface area contributed by atoms with E-state index >= 15 is 0 Å². The first-order valence-corrected chi connectivity index (χ1v) is 13.6. The van der Waals surface area contributed by atoms with Gasteiger partial charge in [-0.25, -0.2) is 0 Å². The summed E-state index contributed by atoms with van der Waals surface area (Å²) in [5.41, 5.74) is 7.68. The Labute approximate surface area is 186 Å². The van der Waals surface area contributed by atoms with Crippen LogP contribution in [0.3, 0.4) is 0 Å². The highest BCUT2D eigenvalue weighted by molar-refractivity contribution is 6.87. The molecule has 0 radical (unpaired) electrons. The zero-order valence-electron chi connectivity index (χ0n) is 18.2. The highest BCUT2D eigenvalue weighted by atomic mass is 28.4. The largest absolute Gasteiger partial charge is 0.401 e. The van der Waals surface area contributed by atoms with Crippen LogP contribution in [-0.2, 0) is 4.43 Å². The molecular weight excluding hydrogens is 392 g/mol. The molecule has 31 heavy (non-hydrogen) atoms. The highest BCUT2D eigenvalue weighted by Gasteiger charge is 2.45. The Morgan fingerprint density at radius 3 is 1.71 bits per heavy atom. The third-order valence-corrected chi connectivity index (χ3v) is 11.1. The SMILES string of the molecule is CC[Si]1(CC)OC(c2ccc(-c3ccccc3)cc2)c2ccc(-c3ccccc3)cc21. The fraction of sp³-hybridized carbons (Fsp3) is 0.172. The first-order valence-electron chi connectivity index (χ1n) is 11.3. The van der Waals surface area contributed by atoms with Gasteiger partial charge < -0.3 is 4.43 Å². The maximum absolute atomic E-state index is 6.98. The van der Waals surface area contributed by atoms with E-state index in [2.05, 4.69) is 117 Å². The van der Waals surface area contributed by atoms with Gasteiger partial charge in [0.1, 0.15) is 0 Å². The van der Waals surface area contributed by atoms with Crippen LogP contribution < -0.4 is 5.19 Å². The summed E-state index contributed by atoms with van der Waals surface area (Å²) in [7, 11) is -1.99. The summed E-state index contributed by atoms with van der Waals surface area (Å²) in [5, 5.41) is 1.48. The molecule has 1 atom stereocenters. The average molecular weight is 421 g/mol. The Kier molecular flexibility index (Phi) is 5.35. The lowest BCUT2D eigenvalue weighted by Crippen LogP contribution is -2.45. The second-order valence-electron chi connectivity index (χ2n) is 8.36. The van der Waals surface area contributed by atoms with Gasteiger partial charge >= 0.3 is 0 Å². The van der Waals surface area contributed by atoms with E-state index in [-0.39, 0.29) is 6.10 Å². The molecule has 0 spiro atoms. The quantitative estimate of drug-likeness (QED) is 0.307. The molecule has 0 saturated carbocycles. The molecule has 1 aliphatic rings. The van der Waals surface area contributed by atoms with Gasteiger partial charge in [-0.05, 0) is 50.7 Å². The van der Waals surface area contributed by atoms with Gasteiger partial charge in [0, 0.05) is 0 Å². The third kappa shape index (κ3) is 3.56. The molecule has 5 rings (SSSR count). The van der Waals surface area contributed by atoms with E-state index < -0.39 is 8.32 Å². The van der Waals surface area contributed by atoms with E-state index in [0.717, 1.165) is 12.1 Å². The molecule has 1 heterocycles. The van der Waals surface area contributed by atoms with Gasteiger partial charge in [-0.1, -0.05) is 117 Å². The lowest BCUT2D eigenvalue weighted by Gasteiger charge is -2.25. The molecule has 4 aromatic rings. The molecule has 0 N–H and O–H groups in total. The number of rotatable bonds is 5. The minimum absolute atomic E-state index is 0.0382. The average Bonchev–Trinajstić information content (AvgIpc) is 3.19. The molecule has 0 aromatic heterocycles. The molecule has 1 aliphatic heterocycles. The summed E-state index contributed by atoms with van der Waals surface area (Å²) in [6.45, 7) is 4.60. The van der Waals surface area contributed by atoms with E-state index in [9.17, 15) is 0 Å². The monoisotopic (exact) mass is 420 g/mol. The fourth-order valence-electron chi connectivity index (χ4n) is 4.87. The van der Waals surface area contributed by atoms with E-state index in [1.807, 2.05) is 0 Å². The maximum Gasteiger partial charge on any atom is 0.225 e. The van der Waals surface area contributed by atoms with Crippen molar-refractivity contribution in [2.45, 2.75) is 32.0 Å². The van der Waals surface area contributed by atoms with Crippen molar-refractivity contribution in [2.24, 2.45) is 0 Å². The van der Waals surface area contributed by atoms with Gasteiger partial charge in [-0.2, -0.15) is 0 Å². The van der Waals surface area contributed by atoms with E-state index in [1.54, 1.807) is 0 Å². The Morgan fingerprint density at radius 2 is 1.13 bits per heavy atom.